The molecule has 2 rings (SSSR count). The van der Waals surface area contributed by atoms with Gasteiger partial charge in [0.15, 0.2) is 0 Å². The number of hydrogen-bond acceptors (Lipinski definition) is 6. The number of anilines is 1. The van der Waals surface area contributed by atoms with Crippen molar-refractivity contribution in [1.29, 1.82) is 0 Å². The summed E-state index contributed by atoms with van der Waals surface area (Å²) in [5, 5.41) is 6.16. The van der Waals surface area contributed by atoms with Crippen molar-refractivity contribution in [3.63, 3.8) is 0 Å². The van der Waals surface area contributed by atoms with Gasteiger partial charge in [0.1, 0.15) is 5.82 Å². The van der Waals surface area contributed by atoms with E-state index in [4.69, 9.17) is 10.3 Å². The van der Waals surface area contributed by atoms with Crippen LogP contribution >= 0.6 is 0 Å². The van der Waals surface area contributed by atoms with Crippen molar-refractivity contribution in [3.05, 3.63) is 24.2 Å². The van der Waals surface area contributed by atoms with Crippen molar-refractivity contribution in [2.24, 2.45) is 0 Å². The summed E-state index contributed by atoms with van der Waals surface area (Å²) in [6, 6.07) is 3.26. The molecule has 0 bridgehead atoms. The Morgan fingerprint density at radius 3 is 3.12 bits per heavy atom. The molecule has 2 aromatic heterocycles. The molecule has 2 aromatic rings. The molecule has 7 nitrogen and oxygen atoms in total. The molecular formula is C10H11N5O2. The Bertz CT molecular complexity index is 537. The molecule has 0 atom stereocenters. The van der Waals surface area contributed by atoms with E-state index in [-0.39, 0.29) is 17.6 Å². The van der Waals surface area contributed by atoms with E-state index in [1.54, 1.807) is 12.1 Å². The molecule has 88 valence electrons. The molecular weight excluding hydrogens is 222 g/mol. The van der Waals surface area contributed by atoms with Crippen LogP contribution in [0.4, 0.5) is 5.82 Å². The second-order valence-electron chi connectivity index (χ2n) is 3.25. The minimum atomic E-state index is -0.371. The van der Waals surface area contributed by atoms with Crippen molar-refractivity contribution in [2.75, 3.05) is 12.3 Å². The maximum atomic E-state index is 11.4. The normalized spacial score (nSPS) is 10.2. The van der Waals surface area contributed by atoms with Crippen molar-refractivity contribution < 1.29 is 9.32 Å². The number of nitrogen functional groups attached to an aromatic ring is 1. The number of pyridine rings is 1. The van der Waals surface area contributed by atoms with E-state index in [0.717, 1.165) is 0 Å². The lowest BCUT2D eigenvalue weighted by molar-refractivity contribution is 0.0942. The highest BCUT2D eigenvalue weighted by atomic mass is 16.5. The lowest BCUT2D eigenvalue weighted by Gasteiger charge is -1.95. The number of amides is 1. The molecule has 0 unspecified atom stereocenters. The van der Waals surface area contributed by atoms with Crippen LogP contribution < -0.4 is 11.1 Å². The highest BCUT2D eigenvalue weighted by molar-refractivity contribution is 5.90. The van der Waals surface area contributed by atoms with Gasteiger partial charge in [-0.1, -0.05) is 5.16 Å². The van der Waals surface area contributed by atoms with Gasteiger partial charge in [-0.2, -0.15) is 4.98 Å². The first kappa shape index (κ1) is 11.1. The molecule has 17 heavy (non-hydrogen) atoms. The maximum Gasteiger partial charge on any atom is 0.292 e. The Morgan fingerprint density at radius 2 is 2.41 bits per heavy atom. The minimum absolute atomic E-state index is 0.00256. The van der Waals surface area contributed by atoms with Gasteiger partial charge in [-0.25, -0.2) is 4.98 Å². The zero-order valence-corrected chi connectivity index (χ0v) is 9.17. The topological polar surface area (TPSA) is 107 Å². The summed E-state index contributed by atoms with van der Waals surface area (Å²) in [6.45, 7) is 2.31. The van der Waals surface area contributed by atoms with Crippen LogP contribution in [0.3, 0.4) is 0 Å². The molecule has 0 aromatic carbocycles. The van der Waals surface area contributed by atoms with Gasteiger partial charge in [0.2, 0.25) is 0 Å². The monoisotopic (exact) mass is 233 g/mol. The van der Waals surface area contributed by atoms with Crippen molar-refractivity contribution >= 4 is 11.7 Å². The molecule has 0 fully saturated rings. The van der Waals surface area contributed by atoms with Crippen LogP contribution in [0.1, 0.15) is 17.5 Å². The van der Waals surface area contributed by atoms with E-state index in [1.807, 2.05) is 6.92 Å². The molecule has 0 radical (unpaired) electrons. The molecule has 0 saturated heterocycles. The summed E-state index contributed by atoms with van der Waals surface area (Å²) < 4.78 is 4.97. The summed E-state index contributed by atoms with van der Waals surface area (Å²) in [5.74, 6) is 0.211. The third-order valence-electron chi connectivity index (χ3n) is 1.99. The molecule has 0 aliphatic carbocycles. The van der Waals surface area contributed by atoms with Crippen LogP contribution in [0.15, 0.2) is 22.9 Å². The predicted octanol–water partition coefficient (Wildman–Crippen LogP) is 0.464. The van der Waals surface area contributed by atoms with E-state index in [9.17, 15) is 4.79 Å². The summed E-state index contributed by atoms with van der Waals surface area (Å²) >= 11 is 0. The Balaban J connectivity index is 2.27. The average molecular weight is 233 g/mol. The highest BCUT2D eigenvalue weighted by Gasteiger charge is 2.14. The van der Waals surface area contributed by atoms with E-state index in [2.05, 4.69) is 20.4 Å². The zero-order valence-electron chi connectivity index (χ0n) is 9.17. The molecule has 3 N–H and O–H groups in total. The van der Waals surface area contributed by atoms with Crippen LogP contribution in [0.2, 0.25) is 0 Å². The zero-order chi connectivity index (χ0) is 12.3. The molecule has 7 heteroatoms. The molecule has 0 aliphatic heterocycles. The number of nitrogens with one attached hydrogen (secondary N) is 1. The fraction of sp³-hybridized carbons (Fsp3) is 0.200. The number of rotatable bonds is 3. The quantitative estimate of drug-likeness (QED) is 0.797. The van der Waals surface area contributed by atoms with Gasteiger partial charge >= 0.3 is 0 Å². The van der Waals surface area contributed by atoms with Crippen molar-refractivity contribution in [1.82, 2.24) is 20.4 Å². The molecule has 0 spiro atoms. The first-order chi connectivity index (χ1) is 8.20. The Labute approximate surface area is 97.0 Å². The van der Waals surface area contributed by atoms with Crippen LogP contribution in [0.25, 0.3) is 11.5 Å². The SMILES string of the molecule is CCNC(=O)c1noc(-c2ccnc(N)c2)n1. The van der Waals surface area contributed by atoms with Gasteiger partial charge in [-0.15, -0.1) is 0 Å². The minimum Gasteiger partial charge on any atom is -0.384 e. The molecule has 0 saturated carbocycles. The Hall–Kier alpha value is -2.44. The van der Waals surface area contributed by atoms with E-state index < -0.39 is 0 Å². The summed E-state index contributed by atoms with van der Waals surface area (Å²) in [5.41, 5.74) is 6.16. The van der Waals surface area contributed by atoms with Crippen LogP contribution in [-0.2, 0) is 0 Å². The van der Waals surface area contributed by atoms with Gasteiger partial charge < -0.3 is 15.6 Å². The van der Waals surface area contributed by atoms with Gasteiger partial charge in [-0.3, -0.25) is 4.79 Å². The number of carbonyl (C=O) groups is 1. The summed E-state index contributed by atoms with van der Waals surface area (Å²) in [4.78, 5) is 19.2. The maximum absolute atomic E-state index is 11.4. The Morgan fingerprint density at radius 1 is 1.59 bits per heavy atom. The van der Waals surface area contributed by atoms with Crippen LogP contribution in [0.5, 0.6) is 0 Å². The smallest absolute Gasteiger partial charge is 0.292 e. The number of nitrogens with zero attached hydrogens (tertiary/aromatic N) is 3. The van der Waals surface area contributed by atoms with Crippen molar-refractivity contribution in [2.45, 2.75) is 6.92 Å². The first-order valence-corrected chi connectivity index (χ1v) is 5.04. The van der Waals surface area contributed by atoms with Gasteiger partial charge in [-0.05, 0) is 19.1 Å². The second-order valence-corrected chi connectivity index (χ2v) is 3.25. The van der Waals surface area contributed by atoms with E-state index in [1.165, 1.54) is 6.20 Å². The lowest BCUT2D eigenvalue weighted by Crippen LogP contribution is -2.23. The summed E-state index contributed by atoms with van der Waals surface area (Å²) in [7, 11) is 0. The predicted molar refractivity (Wildman–Crippen MR) is 59.9 cm³/mol. The van der Waals surface area contributed by atoms with E-state index in [0.29, 0.717) is 17.9 Å². The van der Waals surface area contributed by atoms with Crippen LogP contribution in [0, 0.1) is 0 Å². The first-order valence-electron chi connectivity index (χ1n) is 5.04. The van der Waals surface area contributed by atoms with Gasteiger partial charge in [0.25, 0.3) is 17.6 Å². The second kappa shape index (κ2) is 4.60. The van der Waals surface area contributed by atoms with Crippen molar-refractivity contribution in [3.8, 4) is 11.5 Å². The van der Waals surface area contributed by atoms with E-state index >= 15 is 0 Å². The number of nitrogens with two attached hydrogens (primary N) is 1. The summed E-state index contributed by atoms with van der Waals surface area (Å²) in [6.07, 6.45) is 1.53. The molecule has 2 heterocycles. The number of hydrogen-bond donors (Lipinski definition) is 2. The fourth-order valence-electron chi connectivity index (χ4n) is 1.25. The molecule has 0 aliphatic rings. The van der Waals surface area contributed by atoms with Gasteiger partial charge in [0, 0.05) is 18.3 Å². The Kier molecular flexibility index (Phi) is 2.99. The van der Waals surface area contributed by atoms with Crippen LogP contribution in [-0.4, -0.2) is 27.6 Å². The number of aromatic nitrogens is 3. The fourth-order valence-corrected chi connectivity index (χ4v) is 1.25. The highest BCUT2D eigenvalue weighted by Crippen LogP contribution is 2.17. The average Bonchev–Trinajstić information content (AvgIpc) is 2.78. The van der Waals surface area contributed by atoms with Gasteiger partial charge in [0.05, 0.1) is 0 Å². The molecule has 1 amide bonds. The lowest BCUT2D eigenvalue weighted by atomic mass is 10.2. The number of carbonyl (C=O) groups excluding carboxylic acids is 1. The largest absolute Gasteiger partial charge is 0.384 e. The third kappa shape index (κ3) is 2.39. The standard InChI is InChI=1S/C10H11N5O2/c1-2-12-9(16)8-14-10(17-15-8)6-3-4-13-7(11)5-6/h3-5H,2H2,1H3,(H2,11,13)(H,12,16). The third-order valence-corrected chi connectivity index (χ3v) is 1.99.